The predicted molar refractivity (Wildman–Crippen MR) is 131 cm³/mol. The summed E-state index contributed by atoms with van der Waals surface area (Å²) in [5.74, 6) is 0.877. The molecule has 2 aliphatic rings. The molecule has 168 valence electrons. The van der Waals surface area contributed by atoms with Crippen LogP contribution < -0.4 is 10.2 Å². The SMILES string of the molecule is C/C=C(\C)CO.O=C(Cc1ccc(C2CCNCC2)cc1)N1CCCc2ccccc21.[HH]. The topological polar surface area (TPSA) is 52.6 Å². The number of rotatable bonds is 4. The van der Waals surface area contributed by atoms with E-state index in [0.29, 0.717) is 12.3 Å². The second-order valence-corrected chi connectivity index (χ2v) is 8.51. The van der Waals surface area contributed by atoms with Gasteiger partial charge in [0.25, 0.3) is 0 Å². The van der Waals surface area contributed by atoms with Crippen LogP contribution in [0.3, 0.4) is 0 Å². The van der Waals surface area contributed by atoms with E-state index in [1.165, 1.54) is 24.0 Å². The maximum Gasteiger partial charge on any atom is 0.231 e. The molecule has 0 atom stereocenters. The van der Waals surface area contributed by atoms with Crippen LogP contribution in [0, 0.1) is 0 Å². The monoisotopic (exact) mass is 422 g/mol. The average molecular weight is 423 g/mol. The van der Waals surface area contributed by atoms with Gasteiger partial charge in [-0.25, -0.2) is 0 Å². The van der Waals surface area contributed by atoms with Gasteiger partial charge in [-0.3, -0.25) is 4.79 Å². The van der Waals surface area contributed by atoms with Crippen molar-refractivity contribution in [3.05, 3.63) is 76.9 Å². The predicted octanol–water partition coefficient (Wildman–Crippen LogP) is 4.87. The molecular formula is C27H38N2O2. The van der Waals surface area contributed by atoms with Crippen molar-refractivity contribution >= 4 is 11.6 Å². The van der Waals surface area contributed by atoms with Crippen molar-refractivity contribution in [2.75, 3.05) is 31.1 Å². The summed E-state index contributed by atoms with van der Waals surface area (Å²) in [6.45, 7) is 7.05. The molecule has 2 aromatic rings. The molecule has 2 N–H and O–H groups in total. The van der Waals surface area contributed by atoms with Crippen LogP contribution >= 0.6 is 0 Å². The van der Waals surface area contributed by atoms with Crippen LogP contribution in [0.1, 0.15) is 57.1 Å². The second-order valence-electron chi connectivity index (χ2n) is 8.51. The molecule has 4 rings (SSSR count). The number of benzene rings is 2. The Bertz CT molecular complexity index is 873. The maximum atomic E-state index is 12.8. The van der Waals surface area contributed by atoms with Gasteiger partial charge in [0.05, 0.1) is 13.0 Å². The van der Waals surface area contributed by atoms with Gasteiger partial charge in [0.15, 0.2) is 0 Å². The molecule has 2 heterocycles. The molecule has 2 aromatic carbocycles. The summed E-state index contributed by atoms with van der Waals surface area (Å²) in [4.78, 5) is 14.8. The molecule has 1 amide bonds. The number of anilines is 1. The van der Waals surface area contributed by atoms with E-state index in [9.17, 15) is 4.79 Å². The Hall–Kier alpha value is -2.43. The minimum Gasteiger partial charge on any atom is -0.392 e. The van der Waals surface area contributed by atoms with Crippen molar-refractivity contribution in [2.45, 2.75) is 51.9 Å². The number of hydrogen-bond donors (Lipinski definition) is 2. The van der Waals surface area contributed by atoms with Crippen LogP contribution in [0.15, 0.2) is 60.2 Å². The van der Waals surface area contributed by atoms with E-state index in [1.807, 2.05) is 30.9 Å². The fraction of sp³-hybridized carbons (Fsp3) is 0.444. The smallest absolute Gasteiger partial charge is 0.231 e. The minimum atomic E-state index is 0. The summed E-state index contributed by atoms with van der Waals surface area (Å²) in [6.07, 6.45) is 6.93. The number of nitrogens with one attached hydrogen (secondary N) is 1. The van der Waals surface area contributed by atoms with Gasteiger partial charge in [0.2, 0.25) is 5.91 Å². The van der Waals surface area contributed by atoms with E-state index in [1.54, 1.807) is 0 Å². The lowest BCUT2D eigenvalue weighted by atomic mass is 9.89. The first-order valence-electron chi connectivity index (χ1n) is 11.5. The van der Waals surface area contributed by atoms with E-state index in [2.05, 4.69) is 47.8 Å². The fourth-order valence-electron chi connectivity index (χ4n) is 4.22. The molecule has 0 bridgehead atoms. The molecular weight excluding hydrogens is 384 g/mol. The van der Waals surface area contributed by atoms with Crippen LogP contribution in [0.25, 0.3) is 0 Å². The molecule has 4 heteroatoms. The number of allylic oxidation sites excluding steroid dienone is 1. The average Bonchev–Trinajstić information content (AvgIpc) is 2.84. The normalized spacial score (nSPS) is 16.9. The Morgan fingerprint density at radius 1 is 1.16 bits per heavy atom. The van der Waals surface area contributed by atoms with E-state index in [-0.39, 0.29) is 13.9 Å². The van der Waals surface area contributed by atoms with Crippen LogP contribution in [0.5, 0.6) is 0 Å². The highest BCUT2D eigenvalue weighted by Gasteiger charge is 2.22. The van der Waals surface area contributed by atoms with Gasteiger partial charge in [0.1, 0.15) is 0 Å². The zero-order valence-corrected chi connectivity index (χ0v) is 18.9. The molecule has 0 unspecified atom stereocenters. The molecule has 0 aliphatic carbocycles. The zero-order chi connectivity index (χ0) is 22.1. The lowest BCUT2D eigenvalue weighted by molar-refractivity contribution is -0.118. The van der Waals surface area contributed by atoms with Crippen molar-refractivity contribution in [2.24, 2.45) is 0 Å². The number of aliphatic hydroxyl groups is 1. The quantitative estimate of drug-likeness (QED) is 0.692. The third-order valence-electron chi connectivity index (χ3n) is 6.30. The Balaban J connectivity index is 0.000000461. The Labute approximate surface area is 188 Å². The number of aryl methyl sites for hydroxylation is 1. The van der Waals surface area contributed by atoms with Gasteiger partial charge in [-0.1, -0.05) is 54.1 Å². The van der Waals surface area contributed by atoms with Crippen LogP contribution in [-0.4, -0.2) is 37.3 Å². The summed E-state index contributed by atoms with van der Waals surface area (Å²) in [6, 6.07) is 17.0. The maximum absolute atomic E-state index is 12.8. The third kappa shape index (κ3) is 6.52. The van der Waals surface area contributed by atoms with Crippen molar-refractivity contribution in [1.29, 1.82) is 0 Å². The van der Waals surface area contributed by atoms with Crippen LogP contribution in [-0.2, 0) is 17.6 Å². The number of hydrogen-bond acceptors (Lipinski definition) is 3. The minimum absolute atomic E-state index is 0. The largest absolute Gasteiger partial charge is 0.392 e. The zero-order valence-electron chi connectivity index (χ0n) is 18.9. The van der Waals surface area contributed by atoms with E-state index >= 15 is 0 Å². The first-order valence-corrected chi connectivity index (χ1v) is 11.5. The van der Waals surface area contributed by atoms with Gasteiger partial charge in [0, 0.05) is 13.7 Å². The van der Waals surface area contributed by atoms with Gasteiger partial charge in [-0.2, -0.15) is 0 Å². The number of nitrogens with zero attached hydrogens (tertiary/aromatic N) is 1. The molecule has 1 saturated heterocycles. The number of carbonyl (C=O) groups is 1. The lowest BCUT2D eigenvalue weighted by Crippen LogP contribution is -2.36. The summed E-state index contributed by atoms with van der Waals surface area (Å²) >= 11 is 0. The first-order chi connectivity index (χ1) is 15.1. The molecule has 0 radical (unpaired) electrons. The molecule has 0 aromatic heterocycles. The number of fused-ring (bicyclic) bond motifs is 1. The Kier molecular flexibility index (Phi) is 8.86. The Morgan fingerprint density at radius 2 is 1.87 bits per heavy atom. The van der Waals surface area contributed by atoms with Crippen LogP contribution in [0.4, 0.5) is 5.69 Å². The van der Waals surface area contributed by atoms with E-state index in [0.717, 1.165) is 49.3 Å². The number of para-hydroxylation sites is 1. The third-order valence-corrected chi connectivity index (χ3v) is 6.30. The van der Waals surface area contributed by atoms with Crippen molar-refractivity contribution in [3.8, 4) is 0 Å². The number of aliphatic hydroxyl groups excluding tert-OH is 1. The van der Waals surface area contributed by atoms with Gasteiger partial charge < -0.3 is 15.3 Å². The van der Waals surface area contributed by atoms with Crippen molar-refractivity contribution in [3.63, 3.8) is 0 Å². The molecule has 31 heavy (non-hydrogen) atoms. The molecule has 2 aliphatic heterocycles. The fourth-order valence-corrected chi connectivity index (χ4v) is 4.22. The van der Waals surface area contributed by atoms with Gasteiger partial charge >= 0.3 is 0 Å². The summed E-state index contributed by atoms with van der Waals surface area (Å²) in [5, 5.41) is 11.7. The highest BCUT2D eigenvalue weighted by molar-refractivity contribution is 5.95. The molecule has 4 nitrogen and oxygen atoms in total. The Morgan fingerprint density at radius 3 is 2.52 bits per heavy atom. The van der Waals surface area contributed by atoms with Crippen LogP contribution in [0.2, 0.25) is 0 Å². The standard InChI is InChI=1S/C22H26N2O.C5H10O.H2/c25-22(24-15-3-5-20-4-1-2-6-21(20)24)16-17-7-9-18(10-8-17)19-11-13-23-14-12-19;1-3-5(2)4-6;/h1-2,4,6-10,19,23H,3,5,11-16H2;3,6H,4H2,1-2H3;1H/b;5-3+;. The lowest BCUT2D eigenvalue weighted by Gasteiger charge is -2.29. The van der Waals surface area contributed by atoms with E-state index < -0.39 is 0 Å². The number of carbonyl (C=O) groups excluding carboxylic acids is 1. The number of piperidine rings is 1. The second kappa shape index (κ2) is 11.8. The highest BCUT2D eigenvalue weighted by atomic mass is 16.3. The number of amides is 1. The summed E-state index contributed by atoms with van der Waals surface area (Å²) < 4.78 is 0. The van der Waals surface area contributed by atoms with Crippen molar-refractivity contribution in [1.82, 2.24) is 5.32 Å². The first kappa shape index (κ1) is 23.2. The molecule has 0 spiro atoms. The van der Waals surface area contributed by atoms with Crippen molar-refractivity contribution < 1.29 is 11.3 Å². The molecule has 0 saturated carbocycles. The van der Waals surface area contributed by atoms with Gasteiger partial charge in [-0.15, -0.1) is 0 Å². The van der Waals surface area contributed by atoms with Gasteiger partial charge in [-0.05, 0) is 81.3 Å². The molecule has 1 fully saturated rings. The van der Waals surface area contributed by atoms with E-state index in [4.69, 9.17) is 5.11 Å². The summed E-state index contributed by atoms with van der Waals surface area (Å²) in [5.41, 5.74) is 5.95. The summed E-state index contributed by atoms with van der Waals surface area (Å²) in [7, 11) is 0. The highest BCUT2D eigenvalue weighted by Crippen LogP contribution is 2.28.